The number of hydrogen-bond acceptors (Lipinski definition) is 3. The number of nitrogens with zero attached hydrogens (tertiary/aromatic N) is 2. The zero-order valence-corrected chi connectivity index (χ0v) is 12.4. The fraction of sp³-hybridized carbons (Fsp3) is 0.235. The molecule has 0 amide bonds. The van der Waals surface area contributed by atoms with Crippen LogP contribution >= 0.6 is 0 Å². The van der Waals surface area contributed by atoms with Crippen molar-refractivity contribution in [3.63, 3.8) is 0 Å². The first-order chi connectivity index (χ1) is 9.50. The molecule has 0 saturated carbocycles. The zero-order valence-electron chi connectivity index (χ0n) is 12.4. The van der Waals surface area contributed by atoms with Gasteiger partial charge in [-0.05, 0) is 18.2 Å². The van der Waals surface area contributed by atoms with Gasteiger partial charge >= 0.3 is 0 Å². The van der Waals surface area contributed by atoms with Gasteiger partial charge in [-0.25, -0.2) is 0 Å². The molecule has 20 heavy (non-hydrogen) atoms. The van der Waals surface area contributed by atoms with Gasteiger partial charge in [-0.2, -0.15) is 0 Å². The van der Waals surface area contributed by atoms with Crippen molar-refractivity contribution in [1.82, 2.24) is 0 Å². The molecule has 0 aliphatic carbocycles. The first-order valence-electron chi connectivity index (χ1n) is 6.59. The molecule has 2 aromatic carbocycles. The summed E-state index contributed by atoms with van der Waals surface area (Å²) in [6.45, 7) is 0. The Morgan fingerprint density at radius 1 is 0.850 bits per heavy atom. The predicted octanol–water partition coefficient (Wildman–Crippen LogP) is 3.05. The number of rotatable bonds is 4. The quantitative estimate of drug-likeness (QED) is 0.796. The molecule has 0 aliphatic heterocycles. The fourth-order valence-electron chi connectivity index (χ4n) is 2.11. The smallest absolute Gasteiger partial charge is 0.195 e. The second-order valence-corrected chi connectivity index (χ2v) is 5.19. The van der Waals surface area contributed by atoms with Crippen LogP contribution in [0.2, 0.25) is 0 Å². The Morgan fingerprint density at radius 3 is 2.05 bits per heavy atom. The van der Waals surface area contributed by atoms with Crippen LogP contribution in [0.1, 0.15) is 15.9 Å². The molecule has 0 fully saturated rings. The van der Waals surface area contributed by atoms with Crippen LogP contribution in [-0.4, -0.2) is 34.0 Å². The molecule has 2 rings (SSSR count). The summed E-state index contributed by atoms with van der Waals surface area (Å²) < 4.78 is 0. The maximum absolute atomic E-state index is 12.6. The van der Waals surface area contributed by atoms with Crippen molar-refractivity contribution in [2.45, 2.75) is 0 Å². The standard InChI is InChI=1S/C17H20N2O/c1-18(2)14-10-11-15(16(12-14)19(3)4)17(20)13-8-6-5-7-9-13/h5-12H,1-4H3. The van der Waals surface area contributed by atoms with Crippen LogP contribution in [0.3, 0.4) is 0 Å². The van der Waals surface area contributed by atoms with Gasteiger partial charge < -0.3 is 9.80 Å². The van der Waals surface area contributed by atoms with Gasteiger partial charge in [0.25, 0.3) is 0 Å². The molecule has 0 bridgehead atoms. The van der Waals surface area contributed by atoms with Gasteiger partial charge in [-0.1, -0.05) is 30.3 Å². The van der Waals surface area contributed by atoms with Crippen molar-refractivity contribution >= 4 is 17.2 Å². The molecule has 3 heteroatoms. The van der Waals surface area contributed by atoms with E-state index in [1.807, 2.05) is 86.5 Å². The lowest BCUT2D eigenvalue weighted by Crippen LogP contribution is -2.16. The highest BCUT2D eigenvalue weighted by Gasteiger charge is 2.15. The summed E-state index contributed by atoms with van der Waals surface area (Å²) in [4.78, 5) is 16.6. The lowest BCUT2D eigenvalue weighted by atomic mass is 10.0. The number of carbonyl (C=O) groups is 1. The van der Waals surface area contributed by atoms with Gasteiger partial charge in [0, 0.05) is 50.7 Å². The van der Waals surface area contributed by atoms with E-state index >= 15 is 0 Å². The SMILES string of the molecule is CN(C)c1ccc(C(=O)c2ccccc2)c(N(C)C)c1. The predicted molar refractivity (Wildman–Crippen MR) is 85.0 cm³/mol. The summed E-state index contributed by atoms with van der Waals surface area (Å²) in [5, 5.41) is 0. The highest BCUT2D eigenvalue weighted by molar-refractivity contribution is 6.12. The van der Waals surface area contributed by atoms with Crippen LogP contribution in [0.25, 0.3) is 0 Å². The van der Waals surface area contributed by atoms with Gasteiger partial charge in [0.2, 0.25) is 0 Å². The minimum atomic E-state index is 0.0552. The topological polar surface area (TPSA) is 23.6 Å². The van der Waals surface area contributed by atoms with Crippen LogP contribution in [0, 0.1) is 0 Å². The molecular weight excluding hydrogens is 248 g/mol. The molecule has 2 aromatic rings. The Bertz CT molecular complexity index is 604. The monoisotopic (exact) mass is 268 g/mol. The first kappa shape index (κ1) is 14.1. The highest BCUT2D eigenvalue weighted by atomic mass is 16.1. The van der Waals surface area contributed by atoms with E-state index in [0.29, 0.717) is 5.56 Å². The van der Waals surface area contributed by atoms with Crippen molar-refractivity contribution in [2.75, 3.05) is 38.0 Å². The number of carbonyl (C=O) groups excluding carboxylic acids is 1. The van der Waals surface area contributed by atoms with E-state index in [2.05, 4.69) is 0 Å². The molecule has 0 aliphatic rings. The third-order valence-corrected chi connectivity index (χ3v) is 3.26. The summed E-state index contributed by atoms with van der Waals surface area (Å²) >= 11 is 0. The molecule has 0 spiro atoms. The van der Waals surface area contributed by atoms with Crippen molar-refractivity contribution in [3.8, 4) is 0 Å². The molecule has 0 heterocycles. The summed E-state index contributed by atoms with van der Waals surface area (Å²) in [6.07, 6.45) is 0. The molecule has 0 N–H and O–H groups in total. The van der Waals surface area contributed by atoms with E-state index < -0.39 is 0 Å². The van der Waals surface area contributed by atoms with E-state index in [0.717, 1.165) is 16.9 Å². The van der Waals surface area contributed by atoms with Gasteiger partial charge in [-0.3, -0.25) is 4.79 Å². The molecule has 0 atom stereocenters. The van der Waals surface area contributed by atoms with Crippen molar-refractivity contribution in [2.24, 2.45) is 0 Å². The lowest BCUT2D eigenvalue weighted by Gasteiger charge is -2.21. The molecule has 0 unspecified atom stereocenters. The van der Waals surface area contributed by atoms with Crippen LogP contribution in [0.4, 0.5) is 11.4 Å². The Labute approximate surface area is 120 Å². The maximum Gasteiger partial charge on any atom is 0.195 e. The summed E-state index contributed by atoms with van der Waals surface area (Å²) in [5.41, 5.74) is 3.46. The van der Waals surface area contributed by atoms with Gasteiger partial charge in [0.1, 0.15) is 0 Å². The van der Waals surface area contributed by atoms with Crippen LogP contribution in [0.15, 0.2) is 48.5 Å². The Morgan fingerprint density at radius 2 is 1.50 bits per heavy atom. The fourth-order valence-corrected chi connectivity index (χ4v) is 2.11. The summed E-state index contributed by atoms with van der Waals surface area (Å²) in [6, 6.07) is 15.3. The van der Waals surface area contributed by atoms with Crippen molar-refractivity contribution in [1.29, 1.82) is 0 Å². The van der Waals surface area contributed by atoms with E-state index in [9.17, 15) is 4.79 Å². The number of anilines is 2. The van der Waals surface area contributed by atoms with Gasteiger partial charge in [0.05, 0.1) is 0 Å². The lowest BCUT2D eigenvalue weighted by molar-refractivity contribution is 0.103. The molecule has 0 radical (unpaired) electrons. The van der Waals surface area contributed by atoms with Crippen molar-refractivity contribution < 1.29 is 4.79 Å². The molecular formula is C17H20N2O. The second kappa shape index (κ2) is 5.78. The van der Waals surface area contributed by atoms with Gasteiger partial charge in [0.15, 0.2) is 5.78 Å². The second-order valence-electron chi connectivity index (χ2n) is 5.19. The number of benzene rings is 2. The number of ketones is 1. The van der Waals surface area contributed by atoms with E-state index in [-0.39, 0.29) is 5.78 Å². The normalized spacial score (nSPS) is 10.2. The Kier molecular flexibility index (Phi) is 4.08. The largest absolute Gasteiger partial charge is 0.378 e. The van der Waals surface area contributed by atoms with E-state index in [4.69, 9.17) is 0 Å². The van der Waals surface area contributed by atoms with Gasteiger partial charge in [-0.15, -0.1) is 0 Å². The van der Waals surface area contributed by atoms with E-state index in [1.54, 1.807) is 0 Å². The Balaban J connectivity index is 2.49. The zero-order chi connectivity index (χ0) is 14.7. The molecule has 3 nitrogen and oxygen atoms in total. The van der Waals surface area contributed by atoms with Crippen LogP contribution < -0.4 is 9.80 Å². The Hall–Kier alpha value is -2.29. The van der Waals surface area contributed by atoms with E-state index in [1.165, 1.54) is 0 Å². The minimum Gasteiger partial charge on any atom is -0.378 e. The molecule has 104 valence electrons. The first-order valence-corrected chi connectivity index (χ1v) is 6.59. The summed E-state index contributed by atoms with van der Waals surface area (Å²) in [5.74, 6) is 0.0552. The maximum atomic E-state index is 12.6. The number of hydrogen-bond donors (Lipinski definition) is 0. The third-order valence-electron chi connectivity index (χ3n) is 3.26. The highest BCUT2D eigenvalue weighted by Crippen LogP contribution is 2.26. The molecule has 0 aromatic heterocycles. The van der Waals surface area contributed by atoms with Crippen molar-refractivity contribution in [3.05, 3.63) is 59.7 Å². The summed E-state index contributed by atoms with van der Waals surface area (Å²) in [7, 11) is 7.90. The minimum absolute atomic E-state index is 0.0552. The third kappa shape index (κ3) is 2.82. The molecule has 0 saturated heterocycles. The van der Waals surface area contributed by atoms with Crippen LogP contribution in [0.5, 0.6) is 0 Å². The average molecular weight is 268 g/mol. The van der Waals surface area contributed by atoms with Crippen LogP contribution in [-0.2, 0) is 0 Å². The average Bonchev–Trinajstić information content (AvgIpc) is 2.46.